The van der Waals surface area contributed by atoms with Crippen molar-refractivity contribution in [1.29, 1.82) is 0 Å². The third-order valence-corrected chi connectivity index (χ3v) is 4.84. The van der Waals surface area contributed by atoms with Gasteiger partial charge < -0.3 is 9.72 Å². The Morgan fingerprint density at radius 1 is 1.00 bits per heavy atom. The van der Waals surface area contributed by atoms with Gasteiger partial charge in [-0.15, -0.1) is 11.3 Å². The Morgan fingerprint density at radius 3 is 2.23 bits per heavy atom. The third kappa shape index (κ3) is 11.0. The zero-order valence-corrected chi connectivity index (χ0v) is 23.8. The Morgan fingerprint density at radius 2 is 1.63 bits per heavy atom. The maximum atomic E-state index is 4.68. The third-order valence-electron chi connectivity index (χ3n) is 4.01. The molecule has 0 spiro atoms. The maximum Gasteiger partial charge on any atom is 0.137 e. The lowest BCUT2D eigenvalue weighted by molar-refractivity contribution is 0.737. The molecule has 3 heterocycles. The summed E-state index contributed by atoms with van der Waals surface area (Å²) >= 11 is 1.60. The van der Waals surface area contributed by atoms with Crippen molar-refractivity contribution in [2.24, 2.45) is 10.9 Å². The number of aliphatic imine (C=N–C) groups is 1. The Labute approximate surface area is 216 Å². The molecule has 0 aliphatic carbocycles. The number of nitrogens with one attached hydrogen (secondary N) is 1. The number of imidazole rings is 1. The standard InChI is InChI=1S/C20H19N5S.C4H10.C3H8.C2H6/c1-14-3-8-19-24-18(12-25(19)11-14)15-4-6-16(7-5-15)22-10-20-23-17(9-21-2)13-26-20;1-4(2)3;1-3-2;1-2/h3-8,10-13,21H,9H2,1-2H3;4H,1-3H3;3H2,1-2H3;1-2H3. The van der Waals surface area contributed by atoms with Crippen LogP contribution in [0.1, 0.15) is 71.2 Å². The fourth-order valence-corrected chi connectivity index (χ4v) is 3.41. The summed E-state index contributed by atoms with van der Waals surface area (Å²) in [5.74, 6) is 0.833. The van der Waals surface area contributed by atoms with Crippen LogP contribution in [0.2, 0.25) is 0 Å². The number of thiazole rings is 1. The molecule has 5 nitrogen and oxygen atoms in total. The van der Waals surface area contributed by atoms with Crippen LogP contribution in [0.25, 0.3) is 16.9 Å². The number of rotatable bonds is 5. The summed E-state index contributed by atoms with van der Waals surface area (Å²) in [7, 11) is 1.92. The summed E-state index contributed by atoms with van der Waals surface area (Å²) < 4.78 is 2.06. The number of benzene rings is 1. The Kier molecular flexibility index (Phi) is 14.4. The number of aromatic nitrogens is 3. The van der Waals surface area contributed by atoms with E-state index < -0.39 is 0 Å². The van der Waals surface area contributed by atoms with E-state index in [1.165, 1.54) is 12.0 Å². The van der Waals surface area contributed by atoms with E-state index >= 15 is 0 Å². The first kappa shape index (κ1) is 30.2. The highest BCUT2D eigenvalue weighted by molar-refractivity contribution is 7.11. The second-order valence-electron chi connectivity index (χ2n) is 8.55. The molecule has 190 valence electrons. The molecule has 0 unspecified atom stereocenters. The Hall–Kier alpha value is -2.83. The molecule has 0 saturated carbocycles. The molecule has 0 aliphatic heterocycles. The van der Waals surface area contributed by atoms with E-state index in [0.29, 0.717) is 0 Å². The van der Waals surface area contributed by atoms with Gasteiger partial charge in [0.25, 0.3) is 0 Å². The van der Waals surface area contributed by atoms with Crippen LogP contribution in [-0.4, -0.2) is 27.6 Å². The number of nitrogens with zero attached hydrogens (tertiary/aromatic N) is 4. The lowest BCUT2D eigenvalue weighted by Gasteiger charge is -1.97. The van der Waals surface area contributed by atoms with Crippen molar-refractivity contribution in [2.45, 2.75) is 68.4 Å². The maximum absolute atomic E-state index is 4.68. The highest BCUT2D eigenvalue weighted by atomic mass is 32.1. The molecule has 0 fully saturated rings. The fourth-order valence-electron chi connectivity index (χ4n) is 2.73. The van der Waals surface area contributed by atoms with Gasteiger partial charge in [-0.3, -0.25) is 4.99 Å². The predicted molar refractivity (Wildman–Crippen MR) is 155 cm³/mol. The van der Waals surface area contributed by atoms with Crippen LogP contribution < -0.4 is 5.32 Å². The first-order chi connectivity index (χ1) is 16.9. The molecule has 1 aromatic carbocycles. The molecule has 0 radical (unpaired) electrons. The van der Waals surface area contributed by atoms with Crippen molar-refractivity contribution in [3.63, 3.8) is 0 Å². The van der Waals surface area contributed by atoms with Crippen LogP contribution in [0.4, 0.5) is 5.69 Å². The van der Waals surface area contributed by atoms with Gasteiger partial charge in [-0.25, -0.2) is 9.97 Å². The number of fused-ring (bicyclic) bond motifs is 1. The molecule has 1 N–H and O–H groups in total. The van der Waals surface area contributed by atoms with Crippen molar-refractivity contribution < 1.29 is 0 Å². The van der Waals surface area contributed by atoms with Gasteiger partial charge in [0.2, 0.25) is 0 Å². The molecular formula is C29H43N5S. The van der Waals surface area contributed by atoms with Crippen molar-refractivity contribution >= 4 is 28.9 Å². The first-order valence-electron chi connectivity index (χ1n) is 12.5. The molecule has 0 amide bonds. The largest absolute Gasteiger partial charge is 0.314 e. The summed E-state index contributed by atoms with van der Waals surface area (Å²) in [6, 6.07) is 12.2. The minimum absolute atomic E-state index is 0.775. The molecule has 0 bridgehead atoms. The zero-order valence-electron chi connectivity index (χ0n) is 23.0. The van der Waals surface area contributed by atoms with E-state index in [-0.39, 0.29) is 0 Å². The summed E-state index contributed by atoms with van der Waals surface area (Å²) in [5, 5.41) is 6.06. The quantitative estimate of drug-likeness (QED) is 0.284. The molecule has 0 aliphatic rings. The zero-order chi connectivity index (χ0) is 26.2. The fraction of sp³-hybridized carbons (Fsp3) is 0.414. The van der Waals surface area contributed by atoms with Gasteiger partial charge in [0.1, 0.15) is 10.7 Å². The molecular weight excluding hydrogens is 450 g/mol. The van der Waals surface area contributed by atoms with Gasteiger partial charge in [-0.1, -0.05) is 73.1 Å². The lowest BCUT2D eigenvalue weighted by Crippen LogP contribution is -2.05. The minimum atomic E-state index is 0.775. The van der Waals surface area contributed by atoms with Crippen LogP contribution in [0, 0.1) is 12.8 Å². The van der Waals surface area contributed by atoms with Gasteiger partial charge in [-0.05, 0) is 43.7 Å². The SMILES string of the molecule is CC.CC(C)C.CCC.CNCc1csc(C=Nc2ccc(-c3cn4cc(C)ccc4n3)cc2)n1. The van der Waals surface area contributed by atoms with Crippen molar-refractivity contribution in [2.75, 3.05) is 7.05 Å². The summed E-state index contributed by atoms with van der Waals surface area (Å²) in [5.41, 5.74) is 6.15. The number of hydrogen-bond acceptors (Lipinski definition) is 5. The van der Waals surface area contributed by atoms with Gasteiger partial charge >= 0.3 is 0 Å². The summed E-state index contributed by atoms with van der Waals surface area (Å²) in [4.78, 5) is 13.7. The summed E-state index contributed by atoms with van der Waals surface area (Å²) in [6.45, 7) is 17.6. The first-order valence-corrected chi connectivity index (χ1v) is 13.4. The number of hydrogen-bond donors (Lipinski definition) is 1. The van der Waals surface area contributed by atoms with E-state index in [0.717, 1.165) is 45.8 Å². The van der Waals surface area contributed by atoms with E-state index in [1.807, 2.05) is 50.7 Å². The van der Waals surface area contributed by atoms with Gasteiger partial charge in [0.05, 0.1) is 23.3 Å². The molecule has 35 heavy (non-hydrogen) atoms. The second-order valence-corrected chi connectivity index (χ2v) is 9.44. The average Bonchev–Trinajstić information content (AvgIpc) is 3.46. The Bertz CT molecular complexity index is 1120. The number of pyridine rings is 1. The van der Waals surface area contributed by atoms with Crippen molar-refractivity contribution in [1.82, 2.24) is 19.7 Å². The normalized spacial score (nSPS) is 10.3. The molecule has 0 saturated heterocycles. The molecule has 3 aromatic heterocycles. The molecule has 6 heteroatoms. The van der Waals surface area contributed by atoms with E-state index in [4.69, 9.17) is 0 Å². The minimum Gasteiger partial charge on any atom is -0.314 e. The highest BCUT2D eigenvalue weighted by Crippen LogP contribution is 2.23. The predicted octanol–water partition coefficient (Wildman–Crippen LogP) is 8.34. The molecule has 4 rings (SSSR count). The van der Waals surface area contributed by atoms with Crippen LogP contribution in [0.15, 0.2) is 59.2 Å². The average molecular weight is 494 g/mol. The van der Waals surface area contributed by atoms with Crippen LogP contribution in [0.3, 0.4) is 0 Å². The van der Waals surface area contributed by atoms with Crippen molar-refractivity contribution in [3.05, 3.63) is 70.4 Å². The van der Waals surface area contributed by atoms with Gasteiger partial charge in [0.15, 0.2) is 0 Å². The molecule has 0 atom stereocenters. The topological polar surface area (TPSA) is 54.6 Å². The smallest absolute Gasteiger partial charge is 0.137 e. The second kappa shape index (κ2) is 16.7. The molecule has 4 aromatic rings. The summed E-state index contributed by atoms with van der Waals surface area (Å²) in [6.07, 6.45) is 7.20. The van der Waals surface area contributed by atoms with E-state index in [1.54, 1.807) is 11.3 Å². The number of aryl methyl sites for hydroxylation is 1. The van der Waals surface area contributed by atoms with Gasteiger partial charge in [0, 0.05) is 29.9 Å². The van der Waals surface area contributed by atoms with Crippen LogP contribution >= 0.6 is 11.3 Å². The van der Waals surface area contributed by atoms with Crippen LogP contribution in [0.5, 0.6) is 0 Å². The van der Waals surface area contributed by atoms with Gasteiger partial charge in [-0.2, -0.15) is 0 Å². The van der Waals surface area contributed by atoms with Crippen LogP contribution in [-0.2, 0) is 6.54 Å². The highest BCUT2D eigenvalue weighted by Gasteiger charge is 2.04. The van der Waals surface area contributed by atoms with E-state index in [2.05, 4.69) is 96.8 Å². The lowest BCUT2D eigenvalue weighted by atomic mass is 10.1. The monoisotopic (exact) mass is 493 g/mol. The van der Waals surface area contributed by atoms with E-state index in [9.17, 15) is 0 Å². The Balaban J connectivity index is 0.000000597. The van der Waals surface area contributed by atoms with Crippen molar-refractivity contribution in [3.8, 4) is 11.3 Å².